The van der Waals surface area contributed by atoms with E-state index in [9.17, 15) is 22.0 Å². The van der Waals surface area contributed by atoms with Gasteiger partial charge in [0, 0.05) is 12.1 Å². The van der Waals surface area contributed by atoms with Gasteiger partial charge < -0.3 is 4.74 Å². The summed E-state index contributed by atoms with van der Waals surface area (Å²) in [6.45, 7) is 0. The Morgan fingerprint density at radius 3 is 2.28 bits per heavy atom. The van der Waals surface area contributed by atoms with Crippen molar-refractivity contribution in [2.45, 2.75) is 24.6 Å². The van der Waals surface area contributed by atoms with Crippen molar-refractivity contribution in [2.24, 2.45) is 0 Å². The van der Waals surface area contributed by atoms with E-state index in [0.29, 0.717) is 0 Å². The molecule has 1 nitrogen and oxygen atoms in total. The molecule has 18 heavy (non-hydrogen) atoms. The van der Waals surface area contributed by atoms with Gasteiger partial charge in [0.05, 0.1) is 12.5 Å². The molecule has 0 N–H and O–H groups in total. The third-order valence-corrected chi connectivity index (χ3v) is 2.60. The molecule has 0 spiro atoms. The molecule has 0 fully saturated rings. The molecule has 0 aliphatic carbocycles. The Hall–Kier alpha value is -0.880. The number of ether oxygens (including phenoxy) is 1. The number of alkyl halides is 5. The van der Waals surface area contributed by atoms with Crippen molar-refractivity contribution < 1.29 is 26.7 Å². The van der Waals surface area contributed by atoms with Gasteiger partial charge in [-0.1, -0.05) is 23.7 Å². The first-order valence-corrected chi connectivity index (χ1v) is 5.28. The number of methoxy groups -OCH3 is 1. The lowest BCUT2D eigenvalue weighted by Gasteiger charge is -2.24. The molecule has 0 aromatic heterocycles. The van der Waals surface area contributed by atoms with Crippen LogP contribution in [-0.4, -0.2) is 19.2 Å². The van der Waals surface area contributed by atoms with Crippen LogP contribution < -0.4 is 0 Å². The van der Waals surface area contributed by atoms with Crippen LogP contribution in [0.15, 0.2) is 24.3 Å². The molecule has 0 bridgehead atoms. The molecule has 0 heterocycles. The van der Waals surface area contributed by atoms with Crippen LogP contribution in [0.3, 0.4) is 0 Å². The van der Waals surface area contributed by atoms with Crippen LogP contribution in [0.4, 0.5) is 22.0 Å². The molecular weight excluding hydrogens is 279 g/mol. The second kappa shape index (κ2) is 5.40. The highest BCUT2D eigenvalue weighted by Gasteiger charge is 2.58. The summed E-state index contributed by atoms with van der Waals surface area (Å²) in [5, 5.41) is 0.241. The lowest BCUT2D eigenvalue weighted by molar-refractivity contribution is -0.291. The molecule has 0 saturated heterocycles. The number of halogens is 6. The molecule has 0 amide bonds. The van der Waals surface area contributed by atoms with Crippen LogP contribution in [0.5, 0.6) is 0 Å². The Bertz CT molecular complexity index is 405. The van der Waals surface area contributed by atoms with Crippen LogP contribution >= 0.6 is 11.6 Å². The van der Waals surface area contributed by atoms with Gasteiger partial charge in [0.25, 0.3) is 0 Å². The van der Waals surface area contributed by atoms with Crippen molar-refractivity contribution in [2.75, 3.05) is 7.11 Å². The molecule has 7 heteroatoms. The highest BCUT2D eigenvalue weighted by molar-refractivity contribution is 6.30. The first-order valence-electron chi connectivity index (χ1n) is 4.90. The Morgan fingerprint density at radius 2 is 1.83 bits per heavy atom. The first kappa shape index (κ1) is 15.2. The quantitative estimate of drug-likeness (QED) is 0.735. The molecule has 0 saturated carbocycles. The van der Waals surface area contributed by atoms with Crippen LogP contribution in [0.1, 0.15) is 18.1 Å². The summed E-state index contributed by atoms with van der Waals surface area (Å²) >= 11 is 5.64. The highest BCUT2D eigenvalue weighted by Crippen LogP contribution is 2.42. The van der Waals surface area contributed by atoms with Gasteiger partial charge in [-0.2, -0.15) is 22.0 Å². The van der Waals surface area contributed by atoms with Crippen LogP contribution in [0, 0.1) is 0 Å². The predicted molar refractivity (Wildman–Crippen MR) is 56.8 cm³/mol. The van der Waals surface area contributed by atoms with Gasteiger partial charge in [0.1, 0.15) is 0 Å². The van der Waals surface area contributed by atoms with E-state index in [1.165, 1.54) is 24.3 Å². The van der Waals surface area contributed by atoms with Gasteiger partial charge >= 0.3 is 12.1 Å². The summed E-state index contributed by atoms with van der Waals surface area (Å²) in [7, 11) is 1.07. The van der Waals surface area contributed by atoms with Crippen molar-refractivity contribution in [3.05, 3.63) is 34.9 Å². The monoisotopic (exact) mass is 288 g/mol. The minimum Gasteiger partial charge on any atom is -0.377 e. The molecule has 102 valence electrons. The van der Waals surface area contributed by atoms with Gasteiger partial charge in [0.15, 0.2) is 0 Å². The molecule has 1 rings (SSSR count). The normalized spacial score (nSPS) is 14.6. The highest BCUT2D eigenvalue weighted by atomic mass is 35.5. The fourth-order valence-corrected chi connectivity index (χ4v) is 1.59. The molecule has 1 unspecified atom stereocenters. The predicted octanol–water partition coefficient (Wildman–Crippen LogP) is 4.62. The van der Waals surface area contributed by atoms with E-state index in [0.717, 1.165) is 7.11 Å². The molecule has 1 aromatic rings. The standard InChI is InChI=1S/C11H10ClF5O/c1-18-9(6-10(13,14)11(15,16)17)7-3-2-4-8(12)5-7/h2-5,9H,6H2,1H3. The van der Waals surface area contributed by atoms with E-state index < -0.39 is 24.6 Å². The zero-order valence-corrected chi connectivity index (χ0v) is 10.0. The van der Waals surface area contributed by atoms with Crippen LogP contribution in [0.2, 0.25) is 5.02 Å². The average molecular weight is 289 g/mol. The molecule has 0 aliphatic rings. The zero-order chi connectivity index (χ0) is 14.0. The van der Waals surface area contributed by atoms with Crippen molar-refractivity contribution in [3.8, 4) is 0 Å². The largest absolute Gasteiger partial charge is 0.453 e. The molecule has 1 atom stereocenters. The second-order valence-corrected chi connectivity index (χ2v) is 4.12. The fraction of sp³-hybridized carbons (Fsp3) is 0.455. The third-order valence-electron chi connectivity index (χ3n) is 2.36. The SMILES string of the molecule is COC(CC(F)(F)C(F)(F)F)c1cccc(Cl)c1. The minimum absolute atomic E-state index is 0.175. The summed E-state index contributed by atoms with van der Waals surface area (Å²) in [6, 6.07) is 5.61. The lowest BCUT2D eigenvalue weighted by Crippen LogP contribution is -2.38. The lowest BCUT2D eigenvalue weighted by atomic mass is 10.0. The minimum atomic E-state index is -5.59. The Kier molecular flexibility index (Phi) is 4.55. The van der Waals surface area contributed by atoms with Crippen molar-refractivity contribution in [1.82, 2.24) is 0 Å². The van der Waals surface area contributed by atoms with Gasteiger partial charge in [-0.05, 0) is 17.7 Å². The third kappa shape index (κ3) is 3.55. The smallest absolute Gasteiger partial charge is 0.377 e. The second-order valence-electron chi connectivity index (χ2n) is 3.69. The molecule has 0 aliphatic heterocycles. The number of rotatable bonds is 4. The van der Waals surface area contributed by atoms with E-state index in [1.807, 2.05) is 0 Å². The van der Waals surface area contributed by atoms with E-state index in [1.54, 1.807) is 0 Å². The van der Waals surface area contributed by atoms with E-state index in [2.05, 4.69) is 4.74 Å². The zero-order valence-electron chi connectivity index (χ0n) is 9.27. The van der Waals surface area contributed by atoms with E-state index >= 15 is 0 Å². The summed E-state index contributed by atoms with van der Waals surface area (Å²) in [6.07, 6.45) is -8.45. The summed E-state index contributed by atoms with van der Waals surface area (Å²) in [5.74, 6) is -4.81. The summed E-state index contributed by atoms with van der Waals surface area (Å²) in [5.41, 5.74) is 0.175. The van der Waals surface area contributed by atoms with Gasteiger partial charge in [0.2, 0.25) is 0 Å². The van der Waals surface area contributed by atoms with Gasteiger partial charge in [-0.3, -0.25) is 0 Å². The van der Waals surface area contributed by atoms with Gasteiger partial charge in [-0.15, -0.1) is 0 Å². The van der Waals surface area contributed by atoms with E-state index in [-0.39, 0.29) is 10.6 Å². The Balaban J connectivity index is 2.93. The first-order chi connectivity index (χ1) is 8.17. The van der Waals surface area contributed by atoms with Crippen molar-refractivity contribution >= 4 is 11.6 Å². The number of hydrogen-bond donors (Lipinski definition) is 0. The fourth-order valence-electron chi connectivity index (χ4n) is 1.39. The van der Waals surface area contributed by atoms with Gasteiger partial charge in [-0.25, -0.2) is 0 Å². The maximum absolute atomic E-state index is 12.9. The average Bonchev–Trinajstić information content (AvgIpc) is 2.24. The Morgan fingerprint density at radius 1 is 1.22 bits per heavy atom. The number of hydrogen-bond acceptors (Lipinski definition) is 1. The van der Waals surface area contributed by atoms with E-state index in [4.69, 9.17) is 11.6 Å². The summed E-state index contributed by atoms with van der Waals surface area (Å²) in [4.78, 5) is 0. The van der Waals surface area contributed by atoms with Crippen LogP contribution in [0.25, 0.3) is 0 Å². The Labute approximate surface area is 106 Å². The molecular formula is C11H10ClF5O. The molecule has 1 aromatic carbocycles. The number of benzene rings is 1. The van der Waals surface area contributed by atoms with Crippen LogP contribution in [-0.2, 0) is 4.74 Å². The topological polar surface area (TPSA) is 9.23 Å². The summed E-state index contributed by atoms with van der Waals surface area (Å²) < 4.78 is 66.8. The molecule has 0 radical (unpaired) electrons. The van der Waals surface area contributed by atoms with Crippen molar-refractivity contribution in [3.63, 3.8) is 0 Å². The van der Waals surface area contributed by atoms with Crippen molar-refractivity contribution in [1.29, 1.82) is 0 Å². The maximum atomic E-state index is 12.9. The maximum Gasteiger partial charge on any atom is 0.453 e.